The van der Waals surface area contributed by atoms with E-state index in [1.165, 1.54) is 42.6 Å². The van der Waals surface area contributed by atoms with Gasteiger partial charge in [0.2, 0.25) is 0 Å². The number of hydrogen-bond acceptors (Lipinski definition) is 7. The van der Waals surface area contributed by atoms with Crippen molar-refractivity contribution in [3.05, 3.63) is 107 Å². The van der Waals surface area contributed by atoms with Gasteiger partial charge in [0.15, 0.2) is 0 Å². The molecule has 1 amide bonds. The predicted octanol–water partition coefficient (Wildman–Crippen LogP) is 5.23. The van der Waals surface area contributed by atoms with Crippen LogP contribution in [0.1, 0.15) is 51.5 Å². The van der Waals surface area contributed by atoms with E-state index in [0.717, 1.165) is 11.4 Å². The molecule has 218 valence electrons. The molecule has 11 heteroatoms. The van der Waals surface area contributed by atoms with Gasteiger partial charge in [-0.3, -0.25) is 9.52 Å². The molecule has 0 saturated heterocycles. The van der Waals surface area contributed by atoms with Gasteiger partial charge in [-0.25, -0.2) is 18.6 Å². The van der Waals surface area contributed by atoms with Gasteiger partial charge in [-0.05, 0) is 88.4 Å². The number of nitrogens with one attached hydrogen (secondary N) is 2. The van der Waals surface area contributed by atoms with Crippen molar-refractivity contribution in [2.24, 2.45) is 5.10 Å². The van der Waals surface area contributed by atoms with Crippen LogP contribution in [-0.4, -0.2) is 44.3 Å². The second-order valence-electron chi connectivity index (χ2n) is 9.14. The summed E-state index contributed by atoms with van der Waals surface area (Å²) in [6.45, 7) is 7.96. The summed E-state index contributed by atoms with van der Waals surface area (Å²) < 4.78 is 40.5. The molecule has 4 aromatic rings. The van der Waals surface area contributed by atoms with Crippen molar-refractivity contribution in [1.82, 2.24) is 9.99 Å². The standard InChI is InChI=1S/C31H32N4O6S/c1-5-40-26-16-18-27(19-17-26)42(38,39)34-24-14-12-23(13-15-24)30(36)33-32-20-28-21(3)35(25-10-8-7-9-11-25)22(4)29(28)31(37)41-6-2/h7-20,34H,5-6H2,1-4H3,(H,33,36)/b32-20+. The second-order valence-corrected chi connectivity index (χ2v) is 10.8. The molecule has 0 unspecified atom stereocenters. The van der Waals surface area contributed by atoms with Crippen LogP contribution in [0.3, 0.4) is 0 Å². The summed E-state index contributed by atoms with van der Waals surface area (Å²) in [6.07, 6.45) is 1.42. The van der Waals surface area contributed by atoms with Gasteiger partial charge in [-0.15, -0.1) is 0 Å². The maximum absolute atomic E-state index is 12.8. The quantitative estimate of drug-likeness (QED) is 0.140. The maximum atomic E-state index is 12.8. The zero-order valence-corrected chi connectivity index (χ0v) is 24.6. The van der Waals surface area contributed by atoms with E-state index in [2.05, 4.69) is 15.2 Å². The van der Waals surface area contributed by atoms with E-state index in [1.807, 2.05) is 55.7 Å². The van der Waals surface area contributed by atoms with E-state index in [0.29, 0.717) is 29.2 Å². The normalized spacial score (nSPS) is 11.3. The molecule has 0 aliphatic heterocycles. The van der Waals surface area contributed by atoms with Gasteiger partial charge in [-0.1, -0.05) is 18.2 Å². The van der Waals surface area contributed by atoms with Crippen LogP contribution in [0.2, 0.25) is 0 Å². The maximum Gasteiger partial charge on any atom is 0.340 e. The molecule has 2 N–H and O–H groups in total. The topological polar surface area (TPSA) is 128 Å². The van der Waals surface area contributed by atoms with Crippen molar-refractivity contribution in [2.45, 2.75) is 32.6 Å². The summed E-state index contributed by atoms with van der Waals surface area (Å²) >= 11 is 0. The molecule has 0 atom stereocenters. The van der Waals surface area contributed by atoms with Crippen molar-refractivity contribution in [3.8, 4) is 11.4 Å². The predicted molar refractivity (Wildman–Crippen MR) is 161 cm³/mol. The third-order valence-electron chi connectivity index (χ3n) is 6.39. The first-order chi connectivity index (χ1) is 20.2. The Kier molecular flexibility index (Phi) is 9.43. The SMILES string of the molecule is CCOC(=O)c1c(/C=N/NC(=O)c2ccc(NS(=O)(=O)c3ccc(OCC)cc3)cc2)c(C)n(-c2ccccc2)c1C. The lowest BCUT2D eigenvalue weighted by atomic mass is 10.1. The third-order valence-corrected chi connectivity index (χ3v) is 7.79. The summed E-state index contributed by atoms with van der Waals surface area (Å²) in [5.74, 6) is -0.420. The lowest BCUT2D eigenvalue weighted by molar-refractivity contribution is 0.0525. The average molecular weight is 589 g/mol. The molecule has 0 spiro atoms. The monoisotopic (exact) mass is 588 g/mol. The zero-order chi connectivity index (χ0) is 30.3. The summed E-state index contributed by atoms with van der Waals surface area (Å²) in [6, 6.07) is 21.6. The van der Waals surface area contributed by atoms with Crippen molar-refractivity contribution in [2.75, 3.05) is 17.9 Å². The Morgan fingerprint density at radius 2 is 1.55 bits per heavy atom. The summed E-state index contributed by atoms with van der Waals surface area (Å²) in [7, 11) is -3.83. The van der Waals surface area contributed by atoms with E-state index in [1.54, 1.807) is 19.1 Å². The number of nitrogens with zero attached hydrogens (tertiary/aromatic N) is 2. The molecule has 0 bridgehead atoms. The largest absolute Gasteiger partial charge is 0.494 e. The number of rotatable bonds is 11. The molecule has 0 aliphatic rings. The van der Waals surface area contributed by atoms with Crippen molar-refractivity contribution >= 4 is 33.8 Å². The van der Waals surface area contributed by atoms with Crippen molar-refractivity contribution in [1.29, 1.82) is 0 Å². The smallest absolute Gasteiger partial charge is 0.340 e. The fourth-order valence-corrected chi connectivity index (χ4v) is 5.51. The van der Waals surface area contributed by atoms with E-state index in [9.17, 15) is 18.0 Å². The summed E-state index contributed by atoms with van der Waals surface area (Å²) in [5.41, 5.74) is 6.22. The third kappa shape index (κ3) is 6.69. The lowest BCUT2D eigenvalue weighted by Crippen LogP contribution is -2.18. The number of benzene rings is 3. The van der Waals surface area contributed by atoms with Gasteiger partial charge in [0.25, 0.3) is 15.9 Å². The first kappa shape index (κ1) is 30.1. The Morgan fingerprint density at radius 3 is 2.17 bits per heavy atom. The van der Waals surface area contributed by atoms with Gasteiger partial charge >= 0.3 is 5.97 Å². The Hall–Kier alpha value is -4.90. The number of carbonyl (C=O) groups is 2. The Labute approximate surface area is 245 Å². The lowest BCUT2D eigenvalue weighted by Gasteiger charge is -2.10. The molecule has 3 aromatic carbocycles. The summed E-state index contributed by atoms with van der Waals surface area (Å²) in [4.78, 5) is 25.7. The minimum atomic E-state index is -3.83. The average Bonchev–Trinajstić information content (AvgIpc) is 3.23. The number of ether oxygens (including phenoxy) is 2. The molecule has 0 aliphatic carbocycles. The van der Waals surface area contributed by atoms with Crippen LogP contribution < -0.4 is 14.9 Å². The molecule has 0 radical (unpaired) electrons. The Morgan fingerprint density at radius 1 is 0.881 bits per heavy atom. The number of hydrogen-bond donors (Lipinski definition) is 2. The number of amides is 1. The second kappa shape index (κ2) is 13.2. The molecule has 0 fully saturated rings. The van der Waals surface area contributed by atoms with Crippen LogP contribution in [0.25, 0.3) is 5.69 Å². The molecular weight excluding hydrogens is 556 g/mol. The van der Waals surface area contributed by atoms with Gasteiger partial charge in [-0.2, -0.15) is 5.10 Å². The number of carbonyl (C=O) groups excluding carboxylic acids is 2. The first-order valence-electron chi connectivity index (χ1n) is 13.3. The molecule has 4 rings (SSSR count). The number of para-hydroxylation sites is 1. The number of aromatic nitrogens is 1. The van der Waals surface area contributed by atoms with Gasteiger partial charge in [0.05, 0.1) is 29.9 Å². The highest BCUT2D eigenvalue weighted by molar-refractivity contribution is 7.92. The summed E-state index contributed by atoms with van der Waals surface area (Å²) in [5, 5.41) is 4.10. The van der Waals surface area contributed by atoms with Crippen LogP contribution >= 0.6 is 0 Å². The molecule has 42 heavy (non-hydrogen) atoms. The molecular formula is C31H32N4O6S. The van der Waals surface area contributed by atoms with Crippen LogP contribution in [-0.2, 0) is 14.8 Å². The molecule has 1 aromatic heterocycles. The van der Waals surface area contributed by atoms with Gasteiger partial charge in [0.1, 0.15) is 5.75 Å². The minimum absolute atomic E-state index is 0.0796. The fourth-order valence-electron chi connectivity index (χ4n) is 4.45. The number of anilines is 1. The van der Waals surface area contributed by atoms with E-state index in [4.69, 9.17) is 9.47 Å². The van der Waals surface area contributed by atoms with Gasteiger partial charge in [0, 0.05) is 33.9 Å². The van der Waals surface area contributed by atoms with Crippen LogP contribution in [0.4, 0.5) is 5.69 Å². The highest BCUT2D eigenvalue weighted by atomic mass is 32.2. The highest BCUT2D eigenvalue weighted by Gasteiger charge is 2.24. The fraction of sp³-hybridized carbons (Fsp3) is 0.194. The number of hydrazone groups is 1. The van der Waals surface area contributed by atoms with Crippen molar-refractivity contribution in [3.63, 3.8) is 0 Å². The molecule has 10 nitrogen and oxygen atoms in total. The van der Waals surface area contributed by atoms with Crippen LogP contribution in [0.5, 0.6) is 5.75 Å². The Bertz CT molecular complexity index is 1700. The van der Waals surface area contributed by atoms with E-state index >= 15 is 0 Å². The van der Waals surface area contributed by atoms with Gasteiger partial charge < -0.3 is 14.0 Å². The van der Waals surface area contributed by atoms with Crippen molar-refractivity contribution < 1.29 is 27.5 Å². The van der Waals surface area contributed by atoms with Crippen LogP contribution in [0.15, 0.2) is 88.9 Å². The van der Waals surface area contributed by atoms with E-state index < -0.39 is 21.9 Å². The zero-order valence-electron chi connectivity index (χ0n) is 23.7. The number of esters is 1. The first-order valence-corrected chi connectivity index (χ1v) is 14.8. The molecule has 1 heterocycles. The minimum Gasteiger partial charge on any atom is -0.494 e. The van der Waals surface area contributed by atoms with E-state index in [-0.39, 0.29) is 22.8 Å². The highest BCUT2D eigenvalue weighted by Crippen LogP contribution is 2.26. The number of sulfonamides is 1. The Balaban J connectivity index is 1.49. The van der Waals surface area contributed by atoms with Crippen LogP contribution in [0, 0.1) is 13.8 Å². The molecule has 0 saturated carbocycles.